The minimum atomic E-state index is 0.108. The van der Waals surface area contributed by atoms with Gasteiger partial charge in [0.05, 0.1) is 13.7 Å². The Labute approximate surface area is 183 Å². The molecule has 31 heavy (non-hydrogen) atoms. The summed E-state index contributed by atoms with van der Waals surface area (Å²) >= 11 is 0. The normalized spacial score (nSPS) is 16.1. The minimum absolute atomic E-state index is 0.108. The first-order chi connectivity index (χ1) is 15.2. The SMILES string of the molecule is COc1ccc(C(c2ccc(OCC3CO3)c(C)c2)c2cccc3ccccc23)cc1. The van der Waals surface area contributed by atoms with Gasteiger partial charge in [-0.15, -0.1) is 0 Å². The van der Waals surface area contributed by atoms with E-state index in [-0.39, 0.29) is 12.0 Å². The van der Waals surface area contributed by atoms with E-state index in [1.54, 1.807) is 7.11 Å². The lowest BCUT2D eigenvalue weighted by Crippen LogP contribution is -2.07. The van der Waals surface area contributed by atoms with Crippen LogP contribution in [0.2, 0.25) is 0 Å². The monoisotopic (exact) mass is 410 g/mol. The number of hydrogen-bond acceptors (Lipinski definition) is 3. The maximum absolute atomic E-state index is 5.97. The summed E-state index contributed by atoms with van der Waals surface area (Å²) in [7, 11) is 1.70. The lowest BCUT2D eigenvalue weighted by Gasteiger charge is -2.22. The Kier molecular flexibility index (Phi) is 5.35. The molecule has 0 aliphatic carbocycles. The molecule has 3 heteroatoms. The van der Waals surface area contributed by atoms with Crippen molar-refractivity contribution in [1.29, 1.82) is 0 Å². The van der Waals surface area contributed by atoms with Gasteiger partial charge in [-0.25, -0.2) is 0 Å². The predicted octanol–water partition coefficient (Wildman–Crippen LogP) is 6.11. The van der Waals surface area contributed by atoms with Crippen LogP contribution < -0.4 is 9.47 Å². The van der Waals surface area contributed by atoms with Crippen LogP contribution in [0.25, 0.3) is 10.8 Å². The zero-order valence-electron chi connectivity index (χ0n) is 17.9. The van der Waals surface area contributed by atoms with Crippen LogP contribution >= 0.6 is 0 Å². The van der Waals surface area contributed by atoms with Crippen molar-refractivity contribution in [1.82, 2.24) is 0 Å². The molecule has 0 spiro atoms. The second-order valence-corrected chi connectivity index (χ2v) is 8.07. The van der Waals surface area contributed by atoms with E-state index in [0.717, 1.165) is 23.7 Å². The van der Waals surface area contributed by atoms with Crippen LogP contribution in [0.15, 0.2) is 84.9 Å². The van der Waals surface area contributed by atoms with E-state index in [4.69, 9.17) is 14.2 Å². The van der Waals surface area contributed by atoms with Crippen molar-refractivity contribution in [3.05, 3.63) is 107 Å². The van der Waals surface area contributed by atoms with E-state index in [1.807, 2.05) is 12.1 Å². The summed E-state index contributed by atoms with van der Waals surface area (Å²) in [5.74, 6) is 1.89. The fourth-order valence-electron chi connectivity index (χ4n) is 4.21. The van der Waals surface area contributed by atoms with E-state index in [9.17, 15) is 0 Å². The number of ether oxygens (including phenoxy) is 3. The van der Waals surface area contributed by atoms with Gasteiger partial charge in [0.2, 0.25) is 0 Å². The zero-order chi connectivity index (χ0) is 21.2. The van der Waals surface area contributed by atoms with Gasteiger partial charge in [-0.1, -0.05) is 66.7 Å². The Balaban J connectivity index is 1.60. The Hall–Kier alpha value is -3.30. The van der Waals surface area contributed by atoms with E-state index in [2.05, 4.69) is 79.7 Å². The van der Waals surface area contributed by atoms with Crippen LogP contribution in [-0.2, 0) is 4.74 Å². The molecule has 0 aromatic heterocycles. The molecule has 0 N–H and O–H groups in total. The molecule has 156 valence electrons. The van der Waals surface area contributed by atoms with Crippen LogP contribution in [0.5, 0.6) is 11.5 Å². The van der Waals surface area contributed by atoms with Crippen LogP contribution in [0.3, 0.4) is 0 Å². The van der Waals surface area contributed by atoms with Crippen LogP contribution in [-0.4, -0.2) is 26.4 Å². The number of methoxy groups -OCH3 is 1. The molecule has 4 aromatic carbocycles. The van der Waals surface area contributed by atoms with Gasteiger partial charge in [0.1, 0.15) is 24.2 Å². The second-order valence-electron chi connectivity index (χ2n) is 8.07. The van der Waals surface area contributed by atoms with E-state index in [0.29, 0.717) is 6.61 Å². The summed E-state index contributed by atoms with van der Waals surface area (Å²) in [5, 5.41) is 2.52. The lowest BCUT2D eigenvalue weighted by molar-refractivity contribution is 0.261. The van der Waals surface area contributed by atoms with Crippen molar-refractivity contribution in [2.24, 2.45) is 0 Å². The minimum Gasteiger partial charge on any atom is -0.497 e. The number of aryl methyl sites for hydroxylation is 1. The number of rotatable bonds is 7. The van der Waals surface area contributed by atoms with Gasteiger partial charge in [-0.05, 0) is 58.1 Å². The number of hydrogen-bond donors (Lipinski definition) is 0. The second kappa shape index (κ2) is 8.44. The zero-order valence-corrected chi connectivity index (χ0v) is 17.9. The van der Waals surface area contributed by atoms with Crippen molar-refractivity contribution in [3.63, 3.8) is 0 Å². The molecule has 1 aliphatic rings. The summed E-state index contributed by atoms with van der Waals surface area (Å²) in [5.41, 5.74) is 4.91. The fraction of sp³-hybridized carbons (Fsp3) is 0.214. The van der Waals surface area contributed by atoms with Gasteiger partial charge in [0.25, 0.3) is 0 Å². The first kappa shape index (κ1) is 19.7. The Morgan fingerprint density at radius 1 is 0.903 bits per heavy atom. The molecule has 1 saturated heterocycles. The quantitative estimate of drug-likeness (QED) is 0.272. The summed E-state index contributed by atoms with van der Waals surface area (Å²) in [6.07, 6.45) is 0.252. The summed E-state index contributed by atoms with van der Waals surface area (Å²) in [6.45, 7) is 3.53. The maximum Gasteiger partial charge on any atom is 0.122 e. The third-order valence-corrected chi connectivity index (χ3v) is 5.94. The van der Waals surface area contributed by atoms with Crippen LogP contribution in [0.4, 0.5) is 0 Å². The molecule has 0 amide bonds. The third-order valence-electron chi connectivity index (χ3n) is 5.94. The highest BCUT2D eigenvalue weighted by Gasteiger charge is 2.24. The average molecular weight is 411 g/mol. The first-order valence-corrected chi connectivity index (χ1v) is 10.7. The van der Waals surface area contributed by atoms with Crippen molar-refractivity contribution in [3.8, 4) is 11.5 Å². The van der Waals surface area contributed by atoms with Crippen LogP contribution in [0, 0.1) is 6.92 Å². The topological polar surface area (TPSA) is 31.0 Å². The standard InChI is InChI=1S/C28H26O3/c1-19-16-22(12-15-27(19)31-18-24-17-30-24)28(21-10-13-23(29-2)14-11-21)26-9-5-7-20-6-3-4-8-25(20)26/h3-16,24,28H,17-18H2,1-2H3. The Morgan fingerprint density at radius 3 is 2.39 bits per heavy atom. The molecule has 2 atom stereocenters. The van der Waals surface area contributed by atoms with Crippen molar-refractivity contribution in [2.45, 2.75) is 18.9 Å². The molecule has 5 rings (SSSR count). The first-order valence-electron chi connectivity index (χ1n) is 10.7. The average Bonchev–Trinajstić information content (AvgIpc) is 3.64. The van der Waals surface area contributed by atoms with Gasteiger partial charge in [0, 0.05) is 5.92 Å². The van der Waals surface area contributed by atoms with E-state index in [1.165, 1.54) is 27.5 Å². The summed E-state index contributed by atoms with van der Waals surface area (Å²) in [4.78, 5) is 0. The number of benzene rings is 4. The molecule has 3 nitrogen and oxygen atoms in total. The van der Waals surface area contributed by atoms with Gasteiger partial charge in [-0.3, -0.25) is 0 Å². The molecular weight excluding hydrogens is 384 g/mol. The number of epoxide rings is 1. The molecule has 1 fully saturated rings. The highest BCUT2D eigenvalue weighted by Crippen LogP contribution is 2.38. The van der Waals surface area contributed by atoms with E-state index >= 15 is 0 Å². The van der Waals surface area contributed by atoms with Crippen LogP contribution in [0.1, 0.15) is 28.2 Å². The highest BCUT2D eigenvalue weighted by molar-refractivity contribution is 5.87. The maximum atomic E-state index is 5.97. The molecule has 4 aromatic rings. The molecule has 0 bridgehead atoms. The summed E-state index contributed by atoms with van der Waals surface area (Å²) in [6, 6.07) is 30.1. The lowest BCUT2D eigenvalue weighted by atomic mass is 9.82. The molecule has 0 saturated carbocycles. The van der Waals surface area contributed by atoms with Gasteiger partial charge in [-0.2, -0.15) is 0 Å². The van der Waals surface area contributed by atoms with Crippen molar-refractivity contribution >= 4 is 10.8 Å². The fourth-order valence-corrected chi connectivity index (χ4v) is 4.21. The Bertz CT molecular complexity index is 1190. The van der Waals surface area contributed by atoms with Gasteiger partial charge < -0.3 is 14.2 Å². The molecule has 2 unspecified atom stereocenters. The number of fused-ring (bicyclic) bond motifs is 1. The van der Waals surface area contributed by atoms with Crippen molar-refractivity contribution in [2.75, 3.05) is 20.3 Å². The third kappa shape index (κ3) is 4.14. The highest BCUT2D eigenvalue weighted by atomic mass is 16.6. The molecular formula is C28H26O3. The molecule has 0 radical (unpaired) electrons. The predicted molar refractivity (Wildman–Crippen MR) is 124 cm³/mol. The summed E-state index contributed by atoms with van der Waals surface area (Å²) < 4.78 is 16.6. The van der Waals surface area contributed by atoms with Crippen molar-refractivity contribution < 1.29 is 14.2 Å². The van der Waals surface area contributed by atoms with Gasteiger partial charge in [0.15, 0.2) is 0 Å². The largest absolute Gasteiger partial charge is 0.497 e. The smallest absolute Gasteiger partial charge is 0.122 e. The Morgan fingerprint density at radius 2 is 1.65 bits per heavy atom. The molecule has 1 heterocycles. The molecule has 1 aliphatic heterocycles. The van der Waals surface area contributed by atoms with E-state index < -0.39 is 0 Å². The van der Waals surface area contributed by atoms with Gasteiger partial charge >= 0.3 is 0 Å².